The van der Waals surface area contributed by atoms with Gasteiger partial charge in [0.2, 0.25) is 0 Å². The summed E-state index contributed by atoms with van der Waals surface area (Å²) in [4.78, 5) is 5.47. The van der Waals surface area contributed by atoms with Crippen LogP contribution in [0.1, 0.15) is 9.88 Å². The standard InChI is InChI=1S/C11H12ClN3S/c1-7-5-15-11(16-7)6-14-10-3-2-8(13)4-9(10)12/h2-5,14H,6,13H2,1H3. The average molecular weight is 254 g/mol. The Hall–Kier alpha value is -1.26. The van der Waals surface area contributed by atoms with Gasteiger partial charge in [-0.05, 0) is 25.1 Å². The highest BCUT2D eigenvalue weighted by molar-refractivity contribution is 7.11. The van der Waals surface area contributed by atoms with Crippen molar-refractivity contribution in [2.45, 2.75) is 13.5 Å². The lowest BCUT2D eigenvalue weighted by atomic mass is 10.3. The van der Waals surface area contributed by atoms with E-state index in [1.807, 2.05) is 25.3 Å². The lowest BCUT2D eigenvalue weighted by molar-refractivity contribution is 1.10. The second-order valence-corrected chi connectivity index (χ2v) is 5.18. The molecule has 1 aromatic heterocycles. The summed E-state index contributed by atoms with van der Waals surface area (Å²) in [6.45, 7) is 2.72. The summed E-state index contributed by atoms with van der Waals surface area (Å²) in [5.41, 5.74) is 7.16. The summed E-state index contributed by atoms with van der Waals surface area (Å²) in [7, 11) is 0. The van der Waals surface area contributed by atoms with Crippen LogP contribution >= 0.6 is 22.9 Å². The fourth-order valence-electron chi connectivity index (χ4n) is 1.33. The molecule has 0 aliphatic rings. The predicted molar refractivity (Wildman–Crippen MR) is 70.0 cm³/mol. The Labute approximate surface area is 103 Å². The lowest BCUT2D eigenvalue weighted by Crippen LogP contribution is -1.99. The van der Waals surface area contributed by atoms with Crippen molar-refractivity contribution in [3.63, 3.8) is 0 Å². The van der Waals surface area contributed by atoms with Gasteiger partial charge in [0.05, 0.1) is 17.3 Å². The Kier molecular flexibility index (Phi) is 3.31. The van der Waals surface area contributed by atoms with E-state index in [0.29, 0.717) is 17.3 Å². The van der Waals surface area contributed by atoms with Crippen LogP contribution in [0, 0.1) is 6.92 Å². The van der Waals surface area contributed by atoms with Crippen LogP contribution in [-0.2, 0) is 6.54 Å². The SMILES string of the molecule is Cc1cnc(CNc2ccc(N)cc2Cl)s1. The smallest absolute Gasteiger partial charge is 0.112 e. The number of thiazole rings is 1. The van der Waals surface area contributed by atoms with Gasteiger partial charge in [0.25, 0.3) is 0 Å². The Morgan fingerprint density at radius 1 is 1.50 bits per heavy atom. The highest BCUT2D eigenvalue weighted by Crippen LogP contribution is 2.24. The minimum atomic E-state index is 0.633. The molecule has 0 bridgehead atoms. The van der Waals surface area contributed by atoms with Crippen LogP contribution in [0.5, 0.6) is 0 Å². The second kappa shape index (κ2) is 4.72. The van der Waals surface area contributed by atoms with Crippen molar-refractivity contribution >= 4 is 34.3 Å². The van der Waals surface area contributed by atoms with Crippen molar-refractivity contribution in [1.29, 1.82) is 0 Å². The maximum Gasteiger partial charge on any atom is 0.112 e. The number of benzene rings is 1. The van der Waals surface area contributed by atoms with Gasteiger partial charge < -0.3 is 11.1 Å². The Bertz CT molecular complexity index is 496. The highest BCUT2D eigenvalue weighted by atomic mass is 35.5. The van der Waals surface area contributed by atoms with Crippen molar-refractivity contribution < 1.29 is 0 Å². The first kappa shape index (κ1) is 11.2. The monoisotopic (exact) mass is 253 g/mol. The van der Waals surface area contributed by atoms with Crippen LogP contribution < -0.4 is 11.1 Å². The second-order valence-electron chi connectivity index (χ2n) is 3.46. The van der Waals surface area contributed by atoms with E-state index in [1.54, 1.807) is 17.4 Å². The zero-order valence-electron chi connectivity index (χ0n) is 8.83. The Balaban J connectivity index is 2.04. The van der Waals surface area contributed by atoms with Crippen molar-refractivity contribution in [2.75, 3.05) is 11.1 Å². The largest absolute Gasteiger partial charge is 0.399 e. The number of nitrogens with zero attached hydrogens (tertiary/aromatic N) is 1. The van der Waals surface area contributed by atoms with E-state index in [2.05, 4.69) is 10.3 Å². The molecule has 0 saturated heterocycles. The molecule has 0 fully saturated rings. The van der Waals surface area contributed by atoms with Crippen molar-refractivity contribution in [2.24, 2.45) is 0 Å². The van der Waals surface area contributed by atoms with Gasteiger partial charge in [0.1, 0.15) is 5.01 Å². The van der Waals surface area contributed by atoms with Gasteiger partial charge in [-0.1, -0.05) is 11.6 Å². The molecule has 16 heavy (non-hydrogen) atoms. The third kappa shape index (κ3) is 2.65. The van der Waals surface area contributed by atoms with Crippen molar-refractivity contribution in [3.05, 3.63) is 39.3 Å². The van der Waals surface area contributed by atoms with E-state index in [1.165, 1.54) is 4.88 Å². The molecule has 0 spiro atoms. The molecule has 5 heteroatoms. The molecule has 0 saturated carbocycles. The zero-order chi connectivity index (χ0) is 11.5. The number of nitrogen functional groups attached to an aromatic ring is 1. The van der Waals surface area contributed by atoms with Crippen LogP contribution in [0.4, 0.5) is 11.4 Å². The molecular formula is C11H12ClN3S. The molecule has 3 nitrogen and oxygen atoms in total. The lowest BCUT2D eigenvalue weighted by Gasteiger charge is -2.06. The summed E-state index contributed by atoms with van der Waals surface area (Å²) in [5, 5.41) is 4.91. The van der Waals surface area contributed by atoms with E-state index in [0.717, 1.165) is 10.7 Å². The molecule has 0 amide bonds. The maximum atomic E-state index is 6.04. The van der Waals surface area contributed by atoms with E-state index < -0.39 is 0 Å². The molecule has 0 atom stereocenters. The van der Waals surface area contributed by atoms with Gasteiger partial charge in [-0.15, -0.1) is 11.3 Å². The molecule has 1 aromatic carbocycles. The third-order valence-electron chi connectivity index (χ3n) is 2.09. The fraction of sp³-hybridized carbons (Fsp3) is 0.182. The molecule has 0 unspecified atom stereocenters. The molecule has 0 aliphatic carbocycles. The summed E-state index contributed by atoms with van der Waals surface area (Å²) in [6.07, 6.45) is 1.87. The molecule has 0 aliphatic heterocycles. The summed E-state index contributed by atoms with van der Waals surface area (Å²) >= 11 is 7.72. The van der Waals surface area contributed by atoms with Gasteiger partial charge in [-0.25, -0.2) is 4.98 Å². The van der Waals surface area contributed by atoms with E-state index >= 15 is 0 Å². The van der Waals surface area contributed by atoms with Gasteiger partial charge in [0.15, 0.2) is 0 Å². The first-order chi connectivity index (χ1) is 7.65. The van der Waals surface area contributed by atoms with Crippen LogP contribution in [0.3, 0.4) is 0 Å². The normalized spacial score (nSPS) is 10.4. The molecule has 2 rings (SSSR count). The number of hydrogen-bond acceptors (Lipinski definition) is 4. The summed E-state index contributed by atoms with van der Waals surface area (Å²) in [6, 6.07) is 5.43. The average Bonchev–Trinajstić information content (AvgIpc) is 2.63. The molecule has 0 radical (unpaired) electrons. The number of anilines is 2. The maximum absolute atomic E-state index is 6.04. The van der Waals surface area contributed by atoms with Crippen LogP contribution in [-0.4, -0.2) is 4.98 Å². The van der Waals surface area contributed by atoms with Crippen LogP contribution in [0.2, 0.25) is 5.02 Å². The van der Waals surface area contributed by atoms with Gasteiger partial charge in [0, 0.05) is 16.8 Å². The van der Waals surface area contributed by atoms with E-state index in [-0.39, 0.29) is 0 Å². The van der Waals surface area contributed by atoms with Crippen molar-refractivity contribution in [3.8, 4) is 0 Å². The van der Waals surface area contributed by atoms with Gasteiger partial charge in [-0.3, -0.25) is 0 Å². The first-order valence-electron chi connectivity index (χ1n) is 4.85. The number of rotatable bonds is 3. The summed E-state index contributed by atoms with van der Waals surface area (Å²) in [5.74, 6) is 0. The van der Waals surface area contributed by atoms with Crippen molar-refractivity contribution in [1.82, 2.24) is 4.98 Å². The Morgan fingerprint density at radius 2 is 2.31 bits per heavy atom. The number of nitrogens with one attached hydrogen (secondary N) is 1. The summed E-state index contributed by atoms with van der Waals surface area (Å²) < 4.78 is 0. The molecule has 3 N–H and O–H groups in total. The van der Waals surface area contributed by atoms with Gasteiger partial charge >= 0.3 is 0 Å². The number of aryl methyl sites for hydroxylation is 1. The Morgan fingerprint density at radius 3 is 2.94 bits per heavy atom. The predicted octanol–water partition coefficient (Wildman–Crippen LogP) is 3.30. The van der Waals surface area contributed by atoms with Crippen LogP contribution in [0.15, 0.2) is 24.4 Å². The third-order valence-corrected chi connectivity index (χ3v) is 3.32. The zero-order valence-corrected chi connectivity index (χ0v) is 10.4. The molecular weight excluding hydrogens is 242 g/mol. The van der Waals surface area contributed by atoms with Crippen LogP contribution in [0.25, 0.3) is 0 Å². The highest BCUT2D eigenvalue weighted by Gasteiger charge is 2.02. The first-order valence-corrected chi connectivity index (χ1v) is 6.05. The fourth-order valence-corrected chi connectivity index (χ4v) is 2.31. The van der Waals surface area contributed by atoms with Gasteiger partial charge in [-0.2, -0.15) is 0 Å². The molecule has 2 aromatic rings. The molecule has 1 heterocycles. The minimum absolute atomic E-state index is 0.633. The number of aromatic nitrogens is 1. The molecule has 84 valence electrons. The van der Waals surface area contributed by atoms with E-state index in [4.69, 9.17) is 17.3 Å². The minimum Gasteiger partial charge on any atom is -0.399 e. The number of halogens is 1. The topological polar surface area (TPSA) is 50.9 Å². The quantitative estimate of drug-likeness (QED) is 0.826. The van der Waals surface area contributed by atoms with E-state index in [9.17, 15) is 0 Å². The number of hydrogen-bond donors (Lipinski definition) is 2. The number of nitrogens with two attached hydrogens (primary N) is 1.